The van der Waals surface area contributed by atoms with Crippen molar-refractivity contribution in [2.24, 2.45) is 35.5 Å². The topological polar surface area (TPSA) is 20.2 Å². The predicted molar refractivity (Wildman–Crippen MR) is 97.2 cm³/mol. The van der Waals surface area contributed by atoms with Crippen molar-refractivity contribution in [3.63, 3.8) is 0 Å². The number of alkyl halides is 1. The molecule has 0 heterocycles. The van der Waals surface area contributed by atoms with Crippen molar-refractivity contribution in [1.82, 2.24) is 0 Å². The zero-order valence-corrected chi connectivity index (χ0v) is 16.5. The molecule has 0 spiro atoms. The van der Waals surface area contributed by atoms with Gasteiger partial charge in [0.2, 0.25) is 0 Å². The van der Waals surface area contributed by atoms with Gasteiger partial charge in [0.15, 0.2) is 0 Å². The Labute approximate surface area is 145 Å². The minimum atomic E-state index is -0.386. The van der Waals surface area contributed by atoms with Gasteiger partial charge in [-0.1, -0.05) is 36.2 Å². The second-order valence-electron chi connectivity index (χ2n) is 9.30. The largest absolute Gasteiger partial charge is 0.390 e. The zero-order chi connectivity index (χ0) is 16.1. The molecule has 3 aliphatic carbocycles. The summed E-state index contributed by atoms with van der Waals surface area (Å²) in [6, 6.07) is 0. The molecule has 3 saturated carbocycles. The Morgan fingerprint density at radius 1 is 1.05 bits per heavy atom. The summed E-state index contributed by atoms with van der Waals surface area (Å²) in [5.41, 5.74) is -0.386. The van der Waals surface area contributed by atoms with E-state index >= 15 is 0 Å². The van der Waals surface area contributed by atoms with Gasteiger partial charge in [0, 0.05) is 4.32 Å². The molecule has 0 aromatic heterocycles. The number of aliphatic hydroxyl groups is 1. The van der Waals surface area contributed by atoms with E-state index in [4.69, 9.17) is 0 Å². The van der Waals surface area contributed by atoms with E-state index in [0.717, 1.165) is 48.3 Å². The highest BCUT2D eigenvalue weighted by Crippen LogP contribution is 2.59. The Bertz CT molecular complexity index is 403. The van der Waals surface area contributed by atoms with Crippen LogP contribution in [0.25, 0.3) is 0 Å². The van der Waals surface area contributed by atoms with E-state index in [1.807, 2.05) is 0 Å². The molecule has 0 aromatic carbocycles. The van der Waals surface area contributed by atoms with Crippen LogP contribution in [0.5, 0.6) is 0 Å². The summed E-state index contributed by atoms with van der Waals surface area (Å²) in [6.45, 7) is 9.36. The predicted octanol–water partition coefficient (Wildman–Crippen LogP) is 5.79. The lowest BCUT2D eigenvalue weighted by Crippen LogP contribution is -2.52. The molecule has 3 rings (SSSR count). The maximum Gasteiger partial charge on any atom is 0.0622 e. The molecule has 3 aliphatic rings. The van der Waals surface area contributed by atoms with Crippen LogP contribution >= 0.6 is 15.9 Å². The van der Waals surface area contributed by atoms with Crippen LogP contribution in [0, 0.1) is 35.5 Å². The Hall–Kier alpha value is 0.440. The average molecular weight is 371 g/mol. The van der Waals surface area contributed by atoms with Crippen molar-refractivity contribution in [1.29, 1.82) is 0 Å². The molecule has 128 valence electrons. The maximum atomic E-state index is 10.5. The van der Waals surface area contributed by atoms with Crippen LogP contribution < -0.4 is 0 Å². The Morgan fingerprint density at radius 2 is 1.73 bits per heavy atom. The SMILES string of the molecule is CC[C@@H](C)[C@H]1[C@@H]2CC[C@@H]3C[C@](C)(O)CC[C@@H]3[C@H]2CCC1(C)Br. The van der Waals surface area contributed by atoms with Gasteiger partial charge in [0.25, 0.3) is 0 Å². The minimum absolute atomic E-state index is 0.344. The van der Waals surface area contributed by atoms with Gasteiger partial charge in [-0.05, 0) is 94.3 Å². The lowest BCUT2D eigenvalue weighted by molar-refractivity contribution is -0.0858. The fourth-order valence-electron chi connectivity index (χ4n) is 6.55. The lowest BCUT2D eigenvalue weighted by atomic mass is 9.50. The first-order chi connectivity index (χ1) is 10.2. The number of hydrogen-bond donors (Lipinski definition) is 1. The molecule has 2 heteroatoms. The van der Waals surface area contributed by atoms with Gasteiger partial charge in [0.1, 0.15) is 0 Å². The van der Waals surface area contributed by atoms with Crippen molar-refractivity contribution < 1.29 is 5.11 Å². The Kier molecular flexibility index (Phi) is 4.76. The smallest absolute Gasteiger partial charge is 0.0622 e. The lowest BCUT2D eigenvalue weighted by Gasteiger charge is -2.57. The summed E-state index contributed by atoms with van der Waals surface area (Å²) in [5, 5.41) is 10.5. The minimum Gasteiger partial charge on any atom is -0.390 e. The highest BCUT2D eigenvalue weighted by Gasteiger charge is 2.53. The third-order valence-electron chi connectivity index (χ3n) is 7.67. The molecule has 0 aliphatic heterocycles. The quantitative estimate of drug-likeness (QED) is 0.609. The Morgan fingerprint density at radius 3 is 2.41 bits per heavy atom. The van der Waals surface area contributed by atoms with Crippen LogP contribution in [-0.2, 0) is 0 Å². The number of hydrogen-bond acceptors (Lipinski definition) is 1. The standard InChI is InChI=1S/C20H35BrO/c1-5-13(2)18-17-7-6-14-12-19(3,22)10-8-15(14)16(17)9-11-20(18,4)21/h13-18,22H,5-12H2,1-4H3/t13-,14-,15+,16-,17-,18+,19-,20?/m1/s1. The van der Waals surface area contributed by atoms with E-state index < -0.39 is 0 Å². The molecule has 22 heavy (non-hydrogen) atoms. The molecule has 0 aromatic rings. The third kappa shape index (κ3) is 3.04. The van der Waals surface area contributed by atoms with Crippen molar-refractivity contribution in [2.45, 2.75) is 89.0 Å². The van der Waals surface area contributed by atoms with Crippen molar-refractivity contribution in [2.75, 3.05) is 0 Å². The van der Waals surface area contributed by atoms with Crippen LogP contribution in [0.15, 0.2) is 0 Å². The van der Waals surface area contributed by atoms with Gasteiger partial charge in [0.05, 0.1) is 5.60 Å². The van der Waals surface area contributed by atoms with E-state index in [2.05, 4.69) is 43.6 Å². The molecule has 1 nitrogen and oxygen atoms in total. The Balaban J connectivity index is 1.81. The molecule has 0 bridgehead atoms. The van der Waals surface area contributed by atoms with Crippen LogP contribution in [0.3, 0.4) is 0 Å². The van der Waals surface area contributed by atoms with Crippen molar-refractivity contribution >= 4 is 15.9 Å². The molecule has 0 saturated heterocycles. The van der Waals surface area contributed by atoms with Gasteiger partial charge >= 0.3 is 0 Å². The first-order valence-electron chi connectivity index (χ1n) is 9.66. The number of fused-ring (bicyclic) bond motifs is 3. The van der Waals surface area contributed by atoms with E-state index in [0.29, 0.717) is 4.32 Å². The monoisotopic (exact) mass is 370 g/mol. The average Bonchev–Trinajstić information content (AvgIpc) is 2.44. The van der Waals surface area contributed by atoms with Gasteiger partial charge in [-0.3, -0.25) is 0 Å². The van der Waals surface area contributed by atoms with Crippen molar-refractivity contribution in [3.8, 4) is 0 Å². The number of halogens is 1. The van der Waals surface area contributed by atoms with Gasteiger partial charge in [-0.15, -0.1) is 0 Å². The van der Waals surface area contributed by atoms with Crippen LogP contribution in [-0.4, -0.2) is 15.0 Å². The first-order valence-corrected chi connectivity index (χ1v) is 10.5. The zero-order valence-electron chi connectivity index (χ0n) is 14.9. The van der Waals surface area contributed by atoms with Gasteiger partial charge in [-0.25, -0.2) is 0 Å². The van der Waals surface area contributed by atoms with E-state index in [1.54, 1.807) is 0 Å². The number of rotatable bonds is 2. The fourth-order valence-corrected chi connectivity index (χ4v) is 7.57. The summed E-state index contributed by atoms with van der Waals surface area (Å²) in [4.78, 5) is 0. The summed E-state index contributed by atoms with van der Waals surface area (Å²) in [7, 11) is 0. The normalized spacial score (nSPS) is 53.5. The molecule has 1 unspecified atom stereocenters. The van der Waals surface area contributed by atoms with Crippen LogP contribution in [0.1, 0.15) is 79.1 Å². The van der Waals surface area contributed by atoms with Crippen LogP contribution in [0.4, 0.5) is 0 Å². The van der Waals surface area contributed by atoms with Crippen LogP contribution in [0.2, 0.25) is 0 Å². The molecular weight excluding hydrogens is 336 g/mol. The fraction of sp³-hybridized carbons (Fsp3) is 1.00. The molecule has 8 atom stereocenters. The molecular formula is C20H35BrO. The second-order valence-corrected chi connectivity index (χ2v) is 11.1. The van der Waals surface area contributed by atoms with Gasteiger partial charge in [-0.2, -0.15) is 0 Å². The summed E-state index contributed by atoms with van der Waals surface area (Å²) < 4.78 is 0.344. The molecule has 3 fully saturated rings. The summed E-state index contributed by atoms with van der Waals surface area (Å²) in [6.07, 6.45) is 10.2. The summed E-state index contributed by atoms with van der Waals surface area (Å²) in [5.74, 6) is 5.19. The maximum absolute atomic E-state index is 10.5. The third-order valence-corrected chi connectivity index (χ3v) is 8.60. The van der Waals surface area contributed by atoms with Crippen molar-refractivity contribution in [3.05, 3.63) is 0 Å². The molecule has 1 N–H and O–H groups in total. The highest BCUT2D eigenvalue weighted by molar-refractivity contribution is 9.10. The van der Waals surface area contributed by atoms with E-state index in [1.165, 1.54) is 38.5 Å². The van der Waals surface area contributed by atoms with E-state index in [-0.39, 0.29) is 5.60 Å². The first kappa shape index (κ1) is 17.3. The molecule has 0 radical (unpaired) electrons. The highest BCUT2D eigenvalue weighted by atomic mass is 79.9. The second kappa shape index (κ2) is 6.06. The van der Waals surface area contributed by atoms with Gasteiger partial charge < -0.3 is 5.11 Å². The molecule has 0 amide bonds. The summed E-state index contributed by atoms with van der Waals surface area (Å²) >= 11 is 4.13. The van der Waals surface area contributed by atoms with E-state index in [9.17, 15) is 5.11 Å².